The Hall–Kier alpha value is -1.96. The molecule has 2 aromatic rings. The standard InChI is InChI=1S/C23H29Cl2N3O3S/c1-17-6-8-19(24)15-21(17)26-11-13-27(14-12-26)23(29)5-4-10-28(32(3,30)31)22-16-20(25)9-7-18(22)2/h6-9,15-16H,4-5,10-14H2,1-3H3. The number of piperazine rings is 1. The van der Waals surface area contributed by atoms with Crippen LogP contribution in [-0.4, -0.2) is 58.2 Å². The van der Waals surface area contributed by atoms with Gasteiger partial charge in [-0.2, -0.15) is 0 Å². The highest BCUT2D eigenvalue weighted by Crippen LogP contribution is 2.27. The minimum atomic E-state index is -3.49. The number of anilines is 2. The topological polar surface area (TPSA) is 60.9 Å². The lowest BCUT2D eigenvalue weighted by Gasteiger charge is -2.37. The summed E-state index contributed by atoms with van der Waals surface area (Å²) in [6.07, 6.45) is 1.90. The second kappa shape index (κ2) is 10.3. The van der Waals surface area contributed by atoms with Gasteiger partial charge < -0.3 is 9.80 Å². The largest absolute Gasteiger partial charge is 0.368 e. The quantitative estimate of drug-likeness (QED) is 0.564. The molecule has 9 heteroatoms. The number of carbonyl (C=O) groups is 1. The van der Waals surface area contributed by atoms with Gasteiger partial charge in [0, 0.05) is 54.9 Å². The van der Waals surface area contributed by atoms with Crippen LogP contribution in [0.15, 0.2) is 36.4 Å². The van der Waals surface area contributed by atoms with Crippen molar-refractivity contribution in [1.82, 2.24) is 4.90 Å². The third-order valence-electron chi connectivity index (χ3n) is 5.74. The van der Waals surface area contributed by atoms with Gasteiger partial charge in [-0.1, -0.05) is 35.3 Å². The van der Waals surface area contributed by atoms with E-state index >= 15 is 0 Å². The van der Waals surface area contributed by atoms with E-state index in [1.165, 1.54) is 10.6 Å². The van der Waals surface area contributed by atoms with E-state index in [1.807, 2.05) is 30.0 Å². The van der Waals surface area contributed by atoms with Crippen molar-refractivity contribution in [2.45, 2.75) is 26.7 Å². The highest BCUT2D eigenvalue weighted by molar-refractivity contribution is 7.92. The molecule has 1 aliphatic heterocycles. The molecule has 0 bridgehead atoms. The smallest absolute Gasteiger partial charge is 0.232 e. The van der Waals surface area contributed by atoms with Crippen molar-refractivity contribution < 1.29 is 13.2 Å². The molecule has 0 aromatic heterocycles. The SMILES string of the molecule is Cc1ccc(Cl)cc1N1CCN(C(=O)CCCN(c2cc(Cl)ccc2C)S(C)(=O)=O)CC1. The number of amides is 1. The molecule has 6 nitrogen and oxygen atoms in total. The minimum absolute atomic E-state index is 0.0451. The van der Waals surface area contributed by atoms with Crippen LogP contribution >= 0.6 is 23.2 Å². The van der Waals surface area contributed by atoms with E-state index in [0.29, 0.717) is 41.7 Å². The second-order valence-electron chi connectivity index (χ2n) is 8.17. The number of sulfonamides is 1. The van der Waals surface area contributed by atoms with Gasteiger partial charge in [-0.25, -0.2) is 8.42 Å². The van der Waals surface area contributed by atoms with Crippen molar-refractivity contribution in [3.05, 3.63) is 57.6 Å². The lowest BCUT2D eigenvalue weighted by atomic mass is 10.1. The third kappa shape index (κ3) is 6.09. The molecule has 0 radical (unpaired) electrons. The number of aryl methyl sites for hydroxylation is 2. The van der Waals surface area contributed by atoms with E-state index < -0.39 is 10.0 Å². The fourth-order valence-electron chi connectivity index (χ4n) is 3.97. The molecule has 1 fully saturated rings. The summed E-state index contributed by atoms with van der Waals surface area (Å²) < 4.78 is 26.1. The van der Waals surface area contributed by atoms with E-state index in [9.17, 15) is 13.2 Å². The molecule has 3 rings (SSSR count). The summed E-state index contributed by atoms with van der Waals surface area (Å²) in [5, 5.41) is 1.18. The molecule has 1 heterocycles. The van der Waals surface area contributed by atoms with E-state index in [4.69, 9.17) is 23.2 Å². The maximum absolute atomic E-state index is 12.7. The van der Waals surface area contributed by atoms with E-state index in [-0.39, 0.29) is 12.5 Å². The van der Waals surface area contributed by atoms with Gasteiger partial charge in [0.15, 0.2) is 0 Å². The maximum Gasteiger partial charge on any atom is 0.232 e. The summed E-state index contributed by atoms with van der Waals surface area (Å²) in [5.74, 6) is 0.0451. The van der Waals surface area contributed by atoms with Crippen molar-refractivity contribution in [3.8, 4) is 0 Å². The first-order chi connectivity index (χ1) is 15.1. The van der Waals surface area contributed by atoms with Crippen LogP contribution in [0.25, 0.3) is 0 Å². The molecule has 174 valence electrons. The van der Waals surface area contributed by atoms with Crippen molar-refractivity contribution in [1.29, 1.82) is 0 Å². The van der Waals surface area contributed by atoms with Gasteiger partial charge in [-0.15, -0.1) is 0 Å². The van der Waals surface area contributed by atoms with Crippen LogP contribution < -0.4 is 9.21 Å². The molecule has 0 saturated carbocycles. The molecule has 2 aromatic carbocycles. The number of halogens is 2. The number of rotatable bonds is 7. The Kier molecular flexibility index (Phi) is 7.96. The number of nitrogens with zero attached hydrogens (tertiary/aromatic N) is 3. The molecule has 1 amide bonds. The first-order valence-corrected chi connectivity index (χ1v) is 13.2. The lowest BCUT2D eigenvalue weighted by Crippen LogP contribution is -2.49. The average Bonchev–Trinajstić information content (AvgIpc) is 2.74. The van der Waals surface area contributed by atoms with Crippen molar-refractivity contribution in [2.75, 3.05) is 48.2 Å². The zero-order chi connectivity index (χ0) is 23.5. The molecule has 0 N–H and O–H groups in total. The van der Waals surface area contributed by atoms with Gasteiger partial charge in [0.25, 0.3) is 0 Å². The third-order valence-corrected chi connectivity index (χ3v) is 7.39. The summed E-state index contributed by atoms with van der Waals surface area (Å²) >= 11 is 12.2. The van der Waals surface area contributed by atoms with Crippen LogP contribution in [0.2, 0.25) is 10.0 Å². The monoisotopic (exact) mass is 497 g/mol. The zero-order valence-corrected chi connectivity index (χ0v) is 21.0. The van der Waals surface area contributed by atoms with Gasteiger partial charge in [-0.05, 0) is 55.7 Å². The van der Waals surface area contributed by atoms with Gasteiger partial charge in [0.05, 0.1) is 11.9 Å². The van der Waals surface area contributed by atoms with Gasteiger partial charge in [0.1, 0.15) is 0 Å². The predicted octanol–water partition coefficient (Wildman–Crippen LogP) is 4.51. The molecule has 0 unspecified atom stereocenters. The average molecular weight is 498 g/mol. The van der Waals surface area contributed by atoms with Crippen molar-refractivity contribution >= 4 is 50.5 Å². The van der Waals surface area contributed by atoms with Crippen molar-refractivity contribution in [2.24, 2.45) is 0 Å². The Bertz CT molecular complexity index is 1080. The predicted molar refractivity (Wildman–Crippen MR) is 133 cm³/mol. The highest BCUT2D eigenvalue weighted by Gasteiger charge is 2.24. The Morgan fingerprint density at radius 3 is 2.19 bits per heavy atom. The number of carbonyl (C=O) groups excluding carboxylic acids is 1. The first-order valence-electron chi connectivity index (χ1n) is 10.6. The summed E-state index contributed by atoms with van der Waals surface area (Å²) in [4.78, 5) is 16.8. The van der Waals surface area contributed by atoms with Crippen LogP contribution in [0.3, 0.4) is 0 Å². The molecule has 32 heavy (non-hydrogen) atoms. The van der Waals surface area contributed by atoms with Crippen molar-refractivity contribution in [3.63, 3.8) is 0 Å². The van der Waals surface area contributed by atoms with E-state index in [1.54, 1.807) is 18.2 Å². The van der Waals surface area contributed by atoms with Gasteiger partial charge >= 0.3 is 0 Å². The van der Waals surface area contributed by atoms with E-state index in [2.05, 4.69) is 11.8 Å². The van der Waals surface area contributed by atoms with Crippen LogP contribution in [0.1, 0.15) is 24.0 Å². The molecule has 1 aliphatic rings. The van der Waals surface area contributed by atoms with Gasteiger partial charge in [-0.3, -0.25) is 9.10 Å². The van der Waals surface area contributed by atoms with E-state index in [0.717, 1.165) is 29.9 Å². The second-order valence-corrected chi connectivity index (χ2v) is 10.9. The fourth-order valence-corrected chi connectivity index (χ4v) is 5.32. The molecular weight excluding hydrogens is 469 g/mol. The number of hydrogen-bond acceptors (Lipinski definition) is 4. The Labute approximate surface area is 200 Å². The van der Waals surface area contributed by atoms with Crippen LogP contribution in [-0.2, 0) is 14.8 Å². The van der Waals surface area contributed by atoms with Gasteiger partial charge in [0.2, 0.25) is 15.9 Å². The molecule has 0 aliphatic carbocycles. The zero-order valence-electron chi connectivity index (χ0n) is 18.6. The number of benzene rings is 2. The highest BCUT2D eigenvalue weighted by atomic mass is 35.5. The summed E-state index contributed by atoms with van der Waals surface area (Å²) in [6, 6.07) is 11.0. The van der Waals surface area contributed by atoms with Crippen LogP contribution in [0.5, 0.6) is 0 Å². The fraction of sp³-hybridized carbons (Fsp3) is 0.435. The number of hydrogen-bond donors (Lipinski definition) is 0. The minimum Gasteiger partial charge on any atom is -0.368 e. The summed E-state index contributed by atoms with van der Waals surface area (Å²) in [7, 11) is -3.49. The first kappa shape index (κ1) is 24.7. The summed E-state index contributed by atoms with van der Waals surface area (Å²) in [6.45, 7) is 6.87. The molecule has 1 saturated heterocycles. The van der Waals surface area contributed by atoms with Crippen LogP contribution in [0, 0.1) is 13.8 Å². The Morgan fingerprint density at radius 1 is 0.969 bits per heavy atom. The Balaban J connectivity index is 1.56. The normalized spacial score (nSPS) is 14.5. The molecular formula is C23H29Cl2N3O3S. The molecule has 0 spiro atoms. The Morgan fingerprint density at radius 2 is 1.56 bits per heavy atom. The summed E-state index contributed by atoms with van der Waals surface area (Å²) in [5.41, 5.74) is 3.63. The lowest BCUT2D eigenvalue weighted by molar-refractivity contribution is -0.131. The molecule has 0 atom stereocenters. The van der Waals surface area contributed by atoms with Crippen LogP contribution in [0.4, 0.5) is 11.4 Å². The maximum atomic E-state index is 12.7.